The summed E-state index contributed by atoms with van der Waals surface area (Å²) in [5.41, 5.74) is -0.498. The maximum Gasteiger partial charge on any atom is 0.354 e. The quantitative estimate of drug-likeness (QED) is 0.730. The Morgan fingerprint density at radius 2 is 2.14 bits per heavy atom. The summed E-state index contributed by atoms with van der Waals surface area (Å²) in [4.78, 5) is 10.6. The molecular formula is C8H4F2N2O2. The van der Waals surface area contributed by atoms with Crippen LogP contribution in [-0.2, 0) is 0 Å². The van der Waals surface area contributed by atoms with Crippen LogP contribution in [0.3, 0.4) is 0 Å². The molecule has 0 aliphatic heterocycles. The van der Waals surface area contributed by atoms with Gasteiger partial charge in [-0.25, -0.2) is 13.6 Å². The number of halogens is 2. The SMILES string of the molecule is O=C(O)c1[nH]nc2c(F)cc(F)cc12. The summed E-state index contributed by atoms with van der Waals surface area (Å²) in [5, 5.41) is 14.1. The van der Waals surface area contributed by atoms with E-state index in [1.54, 1.807) is 0 Å². The van der Waals surface area contributed by atoms with Gasteiger partial charge in [0.1, 0.15) is 11.3 Å². The summed E-state index contributed by atoms with van der Waals surface area (Å²) in [6, 6.07) is 1.57. The lowest BCUT2D eigenvalue weighted by molar-refractivity contribution is 0.0692. The molecule has 0 aliphatic carbocycles. The number of carboxylic acids is 1. The molecule has 1 heterocycles. The highest BCUT2D eigenvalue weighted by atomic mass is 19.1. The monoisotopic (exact) mass is 198 g/mol. The van der Waals surface area contributed by atoms with Crippen LogP contribution in [0.25, 0.3) is 10.9 Å². The number of H-pyrrole nitrogens is 1. The van der Waals surface area contributed by atoms with Gasteiger partial charge >= 0.3 is 5.97 Å². The largest absolute Gasteiger partial charge is 0.477 e. The van der Waals surface area contributed by atoms with E-state index in [1.165, 1.54) is 0 Å². The van der Waals surface area contributed by atoms with Crippen molar-refractivity contribution >= 4 is 16.9 Å². The highest BCUT2D eigenvalue weighted by Crippen LogP contribution is 2.20. The molecule has 0 saturated heterocycles. The molecule has 0 atom stereocenters. The molecule has 6 heteroatoms. The number of carbonyl (C=O) groups is 1. The van der Waals surface area contributed by atoms with E-state index in [2.05, 4.69) is 10.2 Å². The van der Waals surface area contributed by atoms with Crippen LogP contribution in [0.1, 0.15) is 10.5 Å². The van der Waals surface area contributed by atoms with E-state index < -0.39 is 17.6 Å². The van der Waals surface area contributed by atoms with Crippen molar-refractivity contribution in [1.82, 2.24) is 10.2 Å². The second-order valence-corrected chi connectivity index (χ2v) is 2.69. The number of nitrogens with one attached hydrogen (secondary N) is 1. The van der Waals surface area contributed by atoms with Gasteiger partial charge in [-0.2, -0.15) is 5.10 Å². The summed E-state index contributed by atoms with van der Waals surface area (Å²) >= 11 is 0. The van der Waals surface area contributed by atoms with Crippen LogP contribution in [0.4, 0.5) is 8.78 Å². The molecule has 2 aromatic rings. The normalized spacial score (nSPS) is 10.7. The summed E-state index contributed by atoms with van der Waals surface area (Å²) in [7, 11) is 0. The molecule has 1 aromatic carbocycles. The second-order valence-electron chi connectivity index (χ2n) is 2.69. The molecule has 0 spiro atoms. The Morgan fingerprint density at radius 3 is 2.79 bits per heavy atom. The van der Waals surface area contributed by atoms with E-state index in [4.69, 9.17) is 5.11 Å². The van der Waals surface area contributed by atoms with E-state index in [0.717, 1.165) is 6.07 Å². The highest BCUT2D eigenvalue weighted by molar-refractivity contribution is 6.00. The molecule has 0 radical (unpaired) electrons. The predicted molar refractivity (Wildman–Crippen MR) is 43.0 cm³/mol. The minimum absolute atomic E-state index is 0.0741. The molecule has 4 nitrogen and oxygen atoms in total. The van der Waals surface area contributed by atoms with E-state index in [-0.39, 0.29) is 16.6 Å². The summed E-state index contributed by atoms with van der Waals surface area (Å²) in [6.07, 6.45) is 0. The average Bonchev–Trinajstić information content (AvgIpc) is 2.47. The number of carboxylic acid groups (broad SMARTS) is 1. The van der Waals surface area contributed by atoms with E-state index in [1.807, 2.05) is 0 Å². The number of benzene rings is 1. The van der Waals surface area contributed by atoms with Gasteiger partial charge in [0, 0.05) is 11.5 Å². The van der Waals surface area contributed by atoms with Gasteiger partial charge in [-0.3, -0.25) is 5.10 Å². The first-order valence-electron chi connectivity index (χ1n) is 3.66. The van der Waals surface area contributed by atoms with Crippen LogP contribution >= 0.6 is 0 Å². The number of rotatable bonds is 1. The van der Waals surface area contributed by atoms with Crippen molar-refractivity contribution in [3.05, 3.63) is 29.5 Å². The second kappa shape index (κ2) is 2.76. The Bertz CT molecular complexity index is 521. The van der Waals surface area contributed by atoms with Gasteiger partial charge in [0.25, 0.3) is 0 Å². The first-order chi connectivity index (χ1) is 6.59. The Morgan fingerprint density at radius 1 is 1.43 bits per heavy atom. The molecule has 0 aliphatic rings. The Balaban J connectivity index is 2.85. The van der Waals surface area contributed by atoms with E-state index in [9.17, 15) is 13.6 Å². The maximum atomic E-state index is 13.0. The van der Waals surface area contributed by atoms with Crippen molar-refractivity contribution in [2.45, 2.75) is 0 Å². The summed E-state index contributed by atoms with van der Waals surface area (Å²) in [6.45, 7) is 0. The van der Waals surface area contributed by atoms with Crippen LogP contribution < -0.4 is 0 Å². The van der Waals surface area contributed by atoms with Crippen LogP contribution in [-0.4, -0.2) is 21.3 Å². The number of hydrogen-bond acceptors (Lipinski definition) is 2. The third-order valence-corrected chi connectivity index (χ3v) is 1.79. The van der Waals surface area contributed by atoms with Gasteiger partial charge in [-0.15, -0.1) is 0 Å². The molecule has 1 aromatic heterocycles. The predicted octanol–water partition coefficient (Wildman–Crippen LogP) is 1.54. The molecular weight excluding hydrogens is 194 g/mol. The number of aromatic carboxylic acids is 1. The number of fused-ring (bicyclic) bond motifs is 1. The van der Waals surface area contributed by atoms with E-state index >= 15 is 0 Å². The highest BCUT2D eigenvalue weighted by Gasteiger charge is 2.15. The molecule has 0 bridgehead atoms. The van der Waals surface area contributed by atoms with Crippen molar-refractivity contribution in [3.63, 3.8) is 0 Å². The van der Waals surface area contributed by atoms with Gasteiger partial charge in [0.15, 0.2) is 11.5 Å². The molecule has 0 fully saturated rings. The molecule has 14 heavy (non-hydrogen) atoms. The smallest absolute Gasteiger partial charge is 0.354 e. The third-order valence-electron chi connectivity index (χ3n) is 1.79. The summed E-state index contributed by atoms with van der Waals surface area (Å²) in [5.74, 6) is -3.03. The zero-order valence-corrected chi connectivity index (χ0v) is 6.71. The molecule has 2 N–H and O–H groups in total. The van der Waals surface area contributed by atoms with Crippen molar-refractivity contribution in [3.8, 4) is 0 Å². The van der Waals surface area contributed by atoms with Gasteiger partial charge in [0.2, 0.25) is 0 Å². The van der Waals surface area contributed by atoms with Gasteiger partial charge in [-0.05, 0) is 6.07 Å². The van der Waals surface area contributed by atoms with Gasteiger partial charge in [0.05, 0.1) is 0 Å². The van der Waals surface area contributed by atoms with Crippen molar-refractivity contribution in [1.29, 1.82) is 0 Å². The lowest BCUT2D eigenvalue weighted by Crippen LogP contribution is -1.97. The standard InChI is InChI=1S/C8H4F2N2O2/c9-3-1-4-6(5(10)2-3)11-12-7(4)8(13)14/h1-2H,(H,11,12)(H,13,14). The number of nitrogens with zero attached hydrogens (tertiary/aromatic N) is 1. The molecule has 0 amide bonds. The van der Waals surface area contributed by atoms with Crippen molar-refractivity contribution in [2.24, 2.45) is 0 Å². The molecule has 0 unspecified atom stereocenters. The first-order valence-corrected chi connectivity index (χ1v) is 3.66. The molecule has 2 rings (SSSR count). The zero-order chi connectivity index (χ0) is 10.3. The van der Waals surface area contributed by atoms with Crippen LogP contribution in [0.5, 0.6) is 0 Å². The third kappa shape index (κ3) is 1.12. The first kappa shape index (κ1) is 8.61. The van der Waals surface area contributed by atoms with Crippen molar-refractivity contribution in [2.75, 3.05) is 0 Å². The summed E-state index contributed by atoms with van der Waals surface area (Å²) < 4.78 is 25.8. The lowest BCUT2D eigenvalue weighted by atomic mass is 10.2. The van der Waals surface area contributed by atoms with Gasteiger partial charge in [-0.1, -0.05) is 0 Å². The zero-order valence-electron chi connectivity index (χ0n) is 6.71. The molecule has 0 saturated carbocycles. The van der Waals surface area contributed by atoms with E-state index in [0.29, 0.717) is 6.07 Å². The number of hydrogen-bond donors (Lipinski definition) is 2. The van der Waals surface area contributed by atoms with Crippen LogP contribution in [0, 0.1) is 11.6 Å². The minimum Gasteiger partial charge on any atom is -0.477 e. The Labute approximate surface area is 76.2 Å². The van der Waals surface area contributed by atoms with Crippen molar-refractivity contribution < 1.29 is 18.7 Å². The Hall–Kier alpha value is -1.98. The average molecular weight is 198 g/mol. The lowest BCUT2D eigenvalue weighted by Gasteiger charge is -1.92. The fourth-order valence-electron chi connectivity index (χ4n) is 1.21. The number of aromatic nitrogens is 2. The van der Waals surface area contributed by atoms with Crippen LogP contribution in [0.15, 0.2) is 12.1 Å². The fourth-order valence-corrected chi connectivity index (χ4v) is 1.21. The Kier molecular flexibility index (Phi) is 1.70. The fraction of sp³-hybridized carbons (Fsp3) is 0. The minimum atomic E-state index is -1.31. The van der Waals surface area contributed by atoms with Gasteiger partial charge < -0.3 is 5.11 Å². The van der Waals surface area contributed by atoms with Crippen LogP contribution in [0.2, 0.25) is 0 Å². The molecule has 72 valence electrons. The topological polar surface area (TPSA) is 66.0 Å². The maximum absolute atomic E-state index is 13.0. The number of aromatic amines is 1.